The number of para-hydroxylation sites is 1. The van der Waals surface area contributed by atoms with Gasteiger partial charge < -0.3 is 10.1 Å². The van der Waals surface area contributed by atoms with Crippen LogP contribution in [0, 0.1) is 11.8 Å². The second-order valence-electron chi connectivity index (χ2n) is 6.76. The summed E-state index contributed by atoms with van der Waals surface area (Å²) in [5.74, 6) is 2.85. The number of rotatable bonds is 6. The summed E-state index contributed by atoms with van der Waals surface area (Å²) in [6.45, 7) is 7.63. The molecule has 0 amide bonds. The van der Waals surface area contributed by atoms with Gasteiger partial charge in [-0.05, 0) is 44.3 Å². The highest BCUT2D eigenvalue weighted by Crippen LogP contribution is 2.40. The molecular formula is C18H28N2O. The molecule has 4 unspecified atom stereocenters. The van der Waals surface area contributed by atoms with Gasteiger partial charge >= 0.3 is 0 Å². The summed E-state index contributed by atoms with van der Waals surface area (Å²) >= 11 is 0. The highest BCUT2D eigenvalue weighted by atomic mass is 16.5. The van der Waals surface area contributed by atoms with Gasteiger partial charge in [-0.25, -0.2) is 0 Å². The van der Waals surface area contributed by atoms with Gasteiger partial charge in [0.05, 0.1) is 12.1 Å². The summed E-state index contributed by atoms with van der Waals surface area (Å²) in [5, 5.41) is 3.74. The van der Waals surface area contributed by atoms with E-state index in [1.54, 1.807) is 0 Å². The van der Waals surface area contributed by atoms with Crippen molar-refractivity contribution in [1.82, 2.24) is 10.2 Å². The largest absolute Gasteiger partial charge is 0.492 e. The zero-order chi connectivity index (χ0) is 14.8. The summed E-state index contributed by atoms with van der Waals surface area (Å²) in [5.41, 5.74) is 1.32. The van der Waals surface area contributed by atoms with Crippen LogP contribution in [-0.2, 0) is 0 Å². The zero-order valence-electron chi connectivity index (χ0n) is 13.5. The highest BCUT2D eigenvalue weighted by molar-refractivity contribution is 5.38. The molecular weight excluding hydrogens is 260 g/mol. The van der Waals surface area contributed by atoms with Crippen molar-refractivity contribution in [3.8, 4) is 5.75 Å². The first-order valence-corrected chi connectivity index (χ1v) is 8.36. The van der Waals surface area contributed by atoms with Crippen molar-refractivity contribution < 1.29 is 4.74 Å². The Morgan fingerprint density at radius 2 is 2.10 bits per heavy atom. The third kappa shape index (κ3) is 3.24. The quantitative estimate of drug-likeness (QED) is 0.870. The smallest absolute Gasteiger partial charge is 0.124 e. The summed E-state index contributed by atoms with van der Waals surface area (Å²) < 4.78 is 6.01. The molecule has 0 spiro atoms. The van der Waals surface area contributed by atoms with E-state index >= 15 is 0 Å². The van der Waals surface area contributed by atoms with Crippen LogP contribution in [0.1, 0.15) is 38.3 Å². The molecule has 116 valence electrons. The molecule has 2 aliphatic rings. The number of nitrogens with one attached hydrogen (secondary N) is 1. The normalized spacial score (nSPS) is 30.9. The Labute approximate surface area is 128 Å². The lowest BCUT2D eigenvalue weighted by atomic mass is 9.95. The molecule has 1 aliphatic carbocycles. The predicted molar refractivity (Wildman–Crippen MR) is 86.7 cm³/mol. The van der Waals surface area contributed by atoms with Crippen molar-refractivity contribution in [3.63, 3.8) is 0 Å². The lowest BCUT2D eigenvalue weighted by molar-refractivity contribution is 0.101. The minimum atomic E-state index is 0.383. The first-order chi connectivity index (χ1) is 10.2. The maximum atomic E-state index is 6.01. The Balaban J connectivity index is 1.75. The lowest BCUT2D eigenvalue weighted by Gasteiger charge is -2.39. The van der Waals surface area contributed by atoms with E-state index in [0.29, 0.717) is 12.1 Å². The Morgan fingerprint density at radius 1 is 1.33 bits per heavy atom. The molecule has 1 aromatic carbocycles. The molecule has 1 aliphatic heterocycles. The SMILES string of the molecule is CCCNC1c2ccccc2OCC1N(C)CC1CC1C. The van der Waals surface area contributed by atoms with Crippen molar-refractivity contribution in [1.29, 1.82) is 0 Å². The topological polar surface area (TPSA) is 24.5 Å². The molecule has 1 aromatic rings. The molecule has 0 saturated heterocycles. The fourth-order valence-corrected chi connectivity index (χ4v) is 3.43. The molecule has 21 heavy (non-hydrogen) atoms. The van der Waals surface area contributed by atoms with Crippen LogP contribution in [0.3, 0.4) is 0 Å². The van der Waals surface area contributed by atoms with Crippen LogP contribution in [0.15, 0.2) is 24.3 Å². The van der Waals surface area contributed by atoms with Crippen LogP contribution in [0.2, 0.25) is 0 Å². The molecule has 3 rings (SSSR count). The highest BCUT2D eigenvalue weighted by Gasteiger charge is 2.38. The second kappa shape index (κ2) is 6.37. The van der Waals surface area contributed by atoms with E-state index in [1.165, 1.54) is 18.5 Å². The molecule has 1 N–H and O–H groups in total. The van der Waals surface area contributed by atoms with Crippen LogP contribution in [0.25, 0.3) is 0 Å². The summed E-state index contributed by atoms with van der Waals surface area (Å²) in [6, 6.07) is 9.30. The van der Waals surface area contributed by atoms with E-state index in [4.69, 9.17) is 4.74 Å². The average Bonchev–Trinajstić information content (AvgIpc) is 3.19. The summed E-state index contributed by atoms with van der Waals surface area (Å²) in [7, 11) is 2.26. The van der Waals surface area contributed by atoms with Crippen LogP contribution in [-0.4, -0.2) is 37.7 Å². The molecule has 0 bridgehead atoms. The van der Waals surface area contributed by atoms with E-state index < -0.39 is 0 Å². The van der Waals surface area contributed by atoms with Crippen LogP contribution >= 0.6 is 0 Å². The van der Waals surface area contributed by atoms with Gasteiger partial charge in [-0.15, -0.1) is 0 Å². The number of hydrogen-bond acceptors (Lipinski definition) is 3. The lowest BCUT2D eigenvalue weighted by Crippen LogP contribution is -2.49. The predicted octanol–water partition coefficient (Wildman–Crippen LogP) is 3.08. The number of hydrogen-bond donors (Lipinski definition) is 1. The molecule has 0 radical (unpaired) electrons. The van der Waals surface area contributed by atoms with Crippen molar-refractivity contribution >= 4 is 0 Å². The van der Waals surface area contributed by atoms with E-state index in [1.807, 2.05) is 0 Å². The van der Waals surface area contributed by atoms with Crippen LogP contribution < -0.4 is 10.1 Å². The minimum absolute atomic E-state index is 0.383. The van der Waals surface area contributed by atoms with Gasteiger partial charge in [0.2, 0.25) is 0 Å². The molecule has 4 atom stereocenters. The van der Waals surface area contributed by atoms with Gasteiger partial charge in [0.25, 0.3) is 0 Å². The van der Waals surface area contributed by atoms with Gasteiger partial charge in [-0.2, -0.15) is 0 Å². The summed E-state index contributed by atoms with van der Waals surface area (Å²) in [6.07, 6.45) is 2.55. The fourth-order valence-electron chi connectivity index (χ4n) is 3.43. The van der Waals surface area contributed by atoms with E-state index in [9.17, 15) is 0 Å². The number of nitrogens with zero attached hydrogens (tertiary/aromatic N) is 1. The fraction of sp³-hybridized carbons (Fsp3) is 0.667. The number of benzene rings is 1. The maximum Gasteiger partial charge on any atom is 0.124 e. The Kier molecular flexibility index (Phi) is 4.51. The molecule has 0 aromatic heterocycles. The molecule has 3 nitrogen and oxygen atoms in total. The van der Waals surface area contributed by atoms with E-state index in [2.05, 4.69) is 55.4 Å². The van der Waals surface area contributed by atoms with Crippen molar-refractivity contribution in [2.75, 3.05) is 26.7 Å². The molecule has 1 fully saturated rings. The maximum absolute atomic E-state index is 6.01. The van der Waals surface area contributed by atoms with Crippen LogP contribution in [0.5, 0.6) is 5.75 Å². The Hall–Kier alpha value is -1.06. The van der Waals surface area contributed by atoms with Gasteiger partial charge in [0, 0.05) is 12.1 Å². The first-order valence-electron chi connectivity index (χ1n) is 8.36. The van der Waals surface area contributed by atoms with Gasteiger partial charge in [-0.3, -0.25) is 4.90 Å². The monoisotopic (exact) mass is 288 g/mol. The Bertz CT molecular complexity index is 476. The summed E-state index contributed by atoms with van der Waals surface area (Å²) in [4.78, 5) is 2.51. The van der Waals surface area contributed by atoms with Gasteiger partial charge in [0.1, 0.15) is 12.4 Å². The number of likely N-dealkylation sites (N-methyl/N-ethyl adjacent to an activating group) is 1. The second-order valence-corrected chi connectivity index (χ2v) is 6.76. The van der Waals surface area contributed by atoms with E-state index in [0.717, 1.165) is 37.2 Å². The molecule has 1 saturated carbocycles. The van der Waals surface area contributed by atoms with Gasteiger partial charge in [-0.1, -0.05) is 32.0 Å². The number of ether oxygens (including phenoxy) is 1. The molecule has 3 heteroatoms. The Morgan fingerprint density at radius 3 is 2.81 bits per heavy atom. The van der Waals surface area contributed by atoms with Crippen LogP contribution in [0.4, 0.5) is 0 Å². The first kappa shape index (κ1) is 14.9. The average molecular weight is 288 g/mol. The third-order valence-electron chi connectivity index (χ3n) is 5.03. The van der Waals surface area contributed by atoms with E-state index in [-0.39, 0.29) is 0 Å². The van der Waals surface area contributed by atoms with Crippen molar-refractivity contribution in [3.05, 3.63) is 29.8 Å². The van der Waals surface area contributed by atoms with Gasteiger partial charge in [0.15, 0.2) is 0 Å². The van der Waals surface area contributed by atoms with Crippen molar-refractivity contribution in [2.24, 2.45) is 11.8 Å². The minimum Gasteiger partial charge on any atom is -0.492 e. The number of fused-ring (bicyclic) bond motifs is 1. The zero-order valence-corrected chi connectivity index (χ0v) is 13.5. The molecule has 1 heterocycles. The van der Waals surface area contributed by atoms with Crippen molar-refractivity contribution in [2.45, 2.75) is 38.8 Å². The third-order valence-corrected chi connectivity index (χ3v) is 5.03. The standard InChI is InChI=1S/C18H28N2O/c1-4-9-19-18-15-7-5-6-8-17(15)21-12-16(18)20(3)11-14-10-13(14)2/h5-8,13-14,16,18-19H,4,9-12H2,1-3H3.